The topological polar surface area (TPSA) is 113 Å². The Bertz CT molecular complexity index is 1380. The average molecular weight is 470 g/mol. The van der Waals surface area contributed by atoms with E-state index in [1.165, 1.54) is 43.3 Å². The number of anilines is 1. The molecule has 162 valence electrons. The van der Waals surface area contributed by atoms with Gasteiger partial charge >= 0.3 is 0 Å². The van der Waals surface area contributed by atoms with Gasteiger partial charge in [0.05, 0.1) is 16.5 Å². The monoisotopic (exact) mass is 469 g/mol. The molecule has 0 bridgehead atoms. The van der Waals surface area contributed by atoms with E-state index in [1.54, 1.807) is 30.3 Å². The number of nitriles is 1. The Morgan fingerprint density at radius 2 is 1.75 bits per heavy atom. The van der Waals surface area contributed by atoms with E-state index in [9.17, 15) is 22.9 Å². The minimum atomic E-state index is -3.92. The number of nitrogens with zero attached hydrogens (tertiary/aromatic N) is 1. The highest BCUT2D eigenvalue weighted by atomic mass is 35.5. The van der Waals surface area contributed by atoms with Gasteiger partial charge in [-0.25, -0.2) is 17.9 Å². The SMILES string of the molecule is C/C(=C(\F)C(=O)Nc1ccc(-c2ccccc2S(N)(=O)=O)cc1)c1cc(Cl)ccc1C#N. The van der Waals surface area contributed by atoms with Gasteiger partial charge in [-0.1, -0.05) is 41.9 Å². The summed E-state index contributed by atoms with van der Waals surface area (Å²) in [6, 6.07) is 18.7. The lowest BCUT2D eigenvalue weighted by Gasteiger charge is -2.10. The lowest BCUT2D eigenvalue weighted by Crippen LogP contribution is -2.14. The number of hydrogen-bond acceptors (Lipinski definition) is 4. The molecule has 0 aromatic heterocycles. The molecule has 0 fully saturated rings. The second-order valence-corrected chi connectivity index (χ2v) is 8.78. The van der Waals surface area contributed by atoms with Gasteiger partial charge in [-0.15, -0.1) is 0 Å². The fourth-order valence-electron chi connectivity index (χ4n) is 3.09. The smallest absolute Gasteiger partial charge is 0.284 e. The molecule has 1 amide bonds. The lowest BCUT2D eigenvalue weighted by atomic mass is 10.0. The maximum atomic E-state index is 14.8. The van der Waals surface area contributed by atoms with Gasteiger partial charge in [0.15, 0.2) is 5.83 Å². The second-order valence-electron chi connectivity index (χ2n) is 6.81. The highest BCUT2D eigenvalue weighted by Gasteiger charge is 2.18. The van der Waals surface area contributed by atoms with Gasteiger partial charge in [0.2, 0.25) is 10.0 Å². The van der Waals surface area contributed by atoms with Crippen molar-refractivity contribution < 1.29 is 17.6 Å². The third kappa shape index (κ3) is 5.03. The number of rotatable bonds is 5. The first kappa shape index (κ1) is 23.2. The highest BCUT2D eigenvalue weighted by Crippen LogP contribution is 2.29. The molecule has 32 heavy (non-hydrogen) atoms. The van der Waals surface area contributed by atoms with Crippen LogP contribution in [0.15, 0.2) is 77.5 Å². The number of nitrogens with one attached hydrogen (secondary N) is 1. The Morgan fingerprint density at radius 3 is 2.38 bits per heavy atom. The number of carbonyl (C=O) groups is 1. The van der Waals surface area contributed by atoms with Crippen LogP contribution in [0, 0.1) is 11.3 Å². The molecule has 0 aliphatic rings. The maximum Gasteiger partial charge on any atom is 0.284 e. The molecule has 0 atom stereocenters. The lowest BCUT2D eigenvalue weighted by molar-refractivity contribution is -0.114. The second kappa shape index (κ2) is 9.32. The molecule has 0 radical (unpaired) electrons. The molecule has 3 aromatic carbocycles. The van der Waals surface area contributed by atoms with Gasteiger partial charge in [-0.3, -0.25) is 4.79 Å². The number of carbonyl (C=O) groups excluding carboxylic acids is 1. The number of halogens is 2. The molecule has 3 aromatic rings. The Morgan fingerprint density at radius 1 is 1.09 bits per heavy atom. The van der Waals surface area contributed by atoms with Crippen LogP contribution in [0.4, 0.5) is 10.1 Å². The number of benzene rings is 3. The molecule has 9 heteroatoms. The van der Waals surface area contributed by atoms with Crippen molar-refractivity contribution in [2.75, 3.05) is 5.32 Å². The minimum absolute atomic E-state index is 0.0275. The first-order valence-electron chi connectivity index (χ1n) is 9.22. The summed E-state index contributed by atoms with van der Waals surface area (Å²) < 4.78 is 38.4. The Kier molecular flexibility index (Phi) is 6.75. The van der Waals surface area contributed by atoms with E-state index >= 15 is 0 Å². The Hall–Kier alpha value is -3.51. The summed E-state index contributed by atoms with van der Waals surface area (Å²) in [6.07, 6.45) is 0. The maximum absolute atomic E-state index is 14.8. The number of amides is 1. The number of allylic oxidation sites excluding steroid dienone is 1. The van der Waals surface area contributed by atoms with Crippen LogP contribution in [-0.4, -0.2) is 14.3 Å². The quantitative estimate of drug-likeness (QED) is 0.519. The van der Waals surface area contributed by atoms with Gasteiger partial charge in [0.1, 0.15) is 0 Å². The van der Waals surface area contributed by atoms with Gasteiger partial charge in [-0.05, 0) is 60.0 Å². The van der Waals surface area contributed by atoms with Gasteiger partial charge in [0, 0.05) is 16.3 Å². The van der Waals surface area contributed by atoms with E-state index in [0.717, 1.165) is 0 Å². The molecule has 0 heterocycles. The molecule has 0 aliphatic heterocycles. The number of hydrogen-bond donors (Lipinski definition) is 2. The molecular weight excluding hydrogens is 453 g/mol. The molecule has 3 N–H and O–H groups in total. The van der Waals surface area contributed by atoms with Crippen molar-refractivity contribution in [2.45, 2.75) is 11.8 Å². The van der Waals surface area contributed by atoms with Crippen molar-refractivity contribution in [3.63, 3.8) is 0 Å². The number of primary sulfonamides is 1. The van der Waals surface area contributed by atoms with E-state index in [1.807, 2.05) is 6.07 Å². The molecule has 0 aliphatic carbocycles. The first-order valence-corrected chi connectivity index (χ1v) is 11.1. The van der Waals surface area contributed by atoms with Crippen molar-refractivity contribution in [1.82, 2.24) is 0 Å². The van der Waals surface area contributed by atoms with Crippen LogP contribution < -0.4 is 10.5 Å². The van der Waals surface area contributed by atoms with E-state index in [-0.39, 0.29) is 21.6 Å². The summed E-state index contributed by atoms with van der Waals surface area (Å²) in [5.41, 5.74) is 1.63. The summed E-state index contributed by atoms with van der Waals surface area (Å²) in [7, 11) is -3.92. The van der Waals surface area contributed by atoms with Crippen molar-refractivity contribution in [2.24, 2.45) is 5.14 Å². The predicted octanol–water partition coefficient (Wildman–Crippen LogP) is 4.87. The average Bonchev–Trinajstić information content (AvgIpc) is 2.78. The summed E-state index contributed by atoms with van der Waals surface area (Å²) >= 11 is 5.94. The minimum Gasteiger partial charge on any atom is -0.320 e. The zero-order chi connectivity index (χ0) is 23.5. The van der Waals surface area contributed by atoms with Crippen molar-refractivity contribution in [3.05, 3.63) is 88.7 Å². The van der Waals surface area contributed by atoms with Crippen molar-refractivity contribution in [1.29, 1.82) is 5.26 Å². The molecule has 0 unspecified atom stereocenters. The van der Waals surface area contributed by atoms with E-state index < -0.39 is 21.8 Å². The van der Waals surface area contributed by atoms with Gasteiger partial charge in [0.25, 0.3) is 5.91 Å². The Labute approximate surface area is 189 Å². The molecule has 0 saturated heterocycles. The van der Waals surface area contributed by atoms with Gasteiger partial charge in [-0.2, -0.15) is 5.26 Å². The summed E-state index contributed by atoms with van der Waals surface area (Å²) in [4.78, 5) is 12.4. The van der Waals surface area contributed by atoms with Crippen LogP contribution in [0.5, 0.6) is 0 Å². The number of sulfonamides is 1. The molecule has 6 nitrogen and oxygen atoms in total. The number of nitrogens with two attached hydrogens (primary N) is 1. The molecule has 3 rings (SSSR count). The van der Waals surface area contributed by atoms with Gasteiger partial charge < -0.3 is 5.32 Å². The Balaban J connectivity index is 1.87. The van der Waals surface area contributed by atoms with Crippen LogP contribution in [0.1, 0.15) is 18.1 Å². The zero-order valence-corrected chi connectivity index (χ0v) is 18.3. The third-order valence-corrected chi connectivity index (χ3v) is 5.89. The van der Waals surface area contributed by atoms with E-state index in [0.29, 0.717) is 21.8 Å². The summed E-state index contributed by atoms with van der Waals surface area (Å²) in [6.45, 7) is 1.38. The standard InChI is InChI=1S/C23H17ClFN3O3S/c1-14(20-12-17(24)9-6-16(20)13-26)22(25)23(29)28-18-10-7-15(8-11-18)19-4-2-3-5-21(19)32(27,30)31/h2-12H,1H3,(H,28,29)(H2,27,30,31)/b22-14+. The predicted molar refractivity (Wildman–Crippen MR) is 122 cm³/mol. The van der Waals surface area contributed by atoms with Crippen LogP contribution >= 0.6 is 11.6 Å². The van der Waals surface area contributed by atoms with E-state index in [4.69, 9.17) is 16.7 Å². The highest BCUT2D eigenvalue weighted by molar-refractivity contribution is 7.89. The van der Waals surface area contributed by atoms with Crippen LogP contribution in [0.2, 0.25) is 5.02 Å². The fourth-order valence-corrected chi connectivity index (χ4v) is 4.02. The summed E-state index contributed by atoms with van der Waals surface area (Å²) in [5, 5.41) is 17.2. The fraction of sp³-hybridized carbons (Fsp3) is 0.0435. The van der Waals surface area contributed by atoms with E-state index in [2.05, 4.69) is 5.32 Å². The van der Waals surface area contributed by atoms with Crippen LogP contribution in [-0.2, 0) is 14.8 Å². The third-order valence-electron chi connectivity index (χ3n) is 4.68. The van der Waals surface area contributed by atoms with Crippen LogP contribution in [0.3, 0.4) is 0 Å². The van der Waals surface area contributed by atoms with Crippen LogP contribution in [0.25, 0.3) is 16.7 Å². The first-order chi connectivity index (χ1) is 15.1. The molecular formula is C23H17ClFN3O3S. The zero-order valence-electron chi connectivity index (χ0n) is 16.8. The largest absolute Gasteiger partial charge is 0.320 e. The summed E-state index contributed by atoms with van der Waals surface area (Å²) in [5.74, 6) is -2.06. The van der Waals surface area contributed by atoms with Crippen molar-refractivity contribution >= 4 is 38.8 Å². The molecule has 0 saturated carbocycles. The van der Waals surface area contributed by atoms with Crippen molar-refractivity contribution in [3.8, 4) is 17.2 Å². The molecule has 0 spiro atoms. The normalized spacial score (nSPS) is 12.0.